The Kier molecular flexibility index (Phi) is 4.06. The molecule has 1 heterocycles. The summed E-state index contributed by atoms with van der Waals surface area (Å²) >= 11 is 4.90. The Hall–Kier alpha value is -1.12. The predicted molar refractivity (Wildman–Crippen MR) is 54.9 cm³/mol. The average molecular weight is 232 g/mol. The summed E-state index contributed by atoms with van der Waals surface area (Å²) in [7, 11) is 2.97. The van der Waals surface area contributed by atoms with Gasteiger partial charge < -0.3 is 20.1 Å². The zero-order valence-corrected chi connectivity index (χ0v) is 9.23. The van der Waals surface area contributed by atoms with E-state index in [0.29, 0.717) is 0 Å². The van der Waals surface area contributed by atoms with E-state index in [-0.39, 0.29) is 11.7 Å². The molecule has 0 saturated carbocycles. The molecule has 1 rings (SSSR count). The first-order valence-electron chi connectivity index (χ1n) is 4.16. The van der Waals surface area contributed by atoms with Gasteiger partial charge in [0.2, 0.25) is 11.3 Å². The highest BCUT2D eigenvalue weighted by Gasteiger charge is 2.32. The molecule has 0 spiro atoms. The number of hydrogen-bond acceptors (Lipinski definition) is 5. The van der Waals surface area contributed by atoms with Gasteiger partial charge in [0.1, 0.15) is 0 Å². The molecule has 1 amide bonds. The van der Waals surface area contributed by atoms with E-state index in [2.05, 4.69) is 10.2 Å². The molecule has 7 nitrogen and oxygen atoms in total. The van der Waals surface area contributed by atoms with Crippen molar-refractivity contribution in [2.24, 2.45) is 16.0 Å². The summed E-state index contributed by atoms with van der Waals surface area (Å²) in [5.41, 5.74) is 5.13. The summed E-state index contributed by atoms with van der Waals surface area (Å²) in [4.78, 5) is 12.5. The Labute approximate surface area is 92.2 Å². The normalized spacial score (nSPS) is 20.3. The van der Waals surface area contributed by atoms with Gasteiger partial charge in [-0.3, -0.25) is 4.79 Å². The number of nitrogens with two attached hydrogens (primary N) is 1. The van der Waals surface area contributed by atoms with Crippen molar-refractivity contribution in [3.63, 3.8) is 0 Å². The van der Waals surface area contributed by atoms with Gasteiger partial charge in [-0.2, -0.15) is 5.11 Å². The van der Waals surface area contributed by atoms with E-state index in [0.717, 1.165) is 0 Å². The number of methoxy groups -OCH3 is 2. The molecule has 1 aliphatic heterocycles. The van der Waals surface area contributed by atoms with Crippen molar-refractivity contribution in [2.45, 2.75) is 12.5 Å². The second-order valence-electron chi connectivity index (χ2n) is 2.83. The molecule has 0 aromatic carbocycles. The molecule has 15 heavy (non-hydrogen) atoms. The topological polar surface area (TPSA) is 89.5 Å². The van der Waals surface area contributed by atoms with Crippen molar-refractivity contribution < 1.29 is 14.3 Å². The summed E-state index contributed by atoms with van der Waals surface area (Å²) in [6.07, 6.45) is -1.36. The molecule has 0 saturated heterocycles. The Morgan fingerprint density at radius 2 is 2.27 bits per heavy atom. The number of carbonyl (C=O) groups is 1. The molecular formula is C7H12N4O3S. The Morgan fingerprint density at radius 1 is 1.67 bits per heavy atom. The number of rotatable bonds is 5. The van der Waals surface area contributed by atoms with Gasteiger partial charge in [0.25, 0.3) is 5.91 Å². The third kappa shape index (κ3) is 2.67. The van der Waals surface area contributed by atoms with Crippen molar-refractivity contribution >= 4 is 23.2 Å². The second-order valence-corrected chi connectivity index (χ2v) is 3.19. The predicted octanol–water partition coefficient (Wildman–Crippen LogP) is -0.531. The number of nitrogens with zero attached hydrogens (tertiary/aromatic N) is 3. The smallest absolute Gasteiger partial charge is 0.264 e. The summed E-state index contributed by atoms with van der Waals surface area (Å²) < 4.78 is 9.96. The van der Waals surface area contributed by atoms with Gasteiger partial charge in [0.05, 0.1) is 6.54 Å². The molecule has 8 heteroatoms. The van der Waals surface area contributed by atoms with Crippen LogP contribution in [0.5, 0.6) is 0 Å². The van der Waals surface area contributed by atoms with Crippen molar-refractivity contribution in [1.82, 2.24) is 4.90 Å². The molecule has 1 aliphatic rings. The van der Waals surface area contributed by atoms with E-state index in [4.69, 9.17) is 27.4 Å². The lowest BCUT2D eigenvalue weighted by molar-refractivity contribution is -0.127. The summed E-state index contributed by atoms with van der Waals surface area (Å²) in [5, 5.41) is 7.46. The third-order valence-electron chi connectivity index (χ3n) is 1.92. The molecule has 0 radical (unpaired) electrons. The van der Waals surface area contributed by atoms with Crippen LogP contribution in [0.3, 0.4) is 0 Å². The Morgan fingerprint density at radius 3 is 2.73 bits per heavy atom. The molecule has 0 aliphatic carbocycles. The van der Waals surface area contributed by atoms with Crippen molar-refractivity contribution in [2.75, 3.05) is 20.8 Å². The van der Waals surface area contributed by atoms with Gasteiger partial charge in [0, 0.05) is 14.2 Å². The lowest BCUT2D eigenvalue weighted by atomic mass is 10.4. The number of amides is 1. The first-order valence-corrected chi connectivity index (χ1v) is 4.57. The van der Waals surface area contributed by atoms with E-state index >= 15 is 0 Å². The Bertz CT molecular complexity index is 292. The maximum atomic E-state index is 11.0. The zero-order valence-electron chi connectivity index (χ0n) is 8.41. The minimum absolute atomic E-state index is 0.206. The summed E-state index contributed by atoms with van der Waals surface area (Å²) in [6.45, 7) is 0.256. The maximum absolute atomic E-state index is 11.0. The standard InChI is InChI=1S/C7H12N4O3S/c1-13-4(14-2)3-11-6(5(8)12)9-10-7(11)15/h4,6H,3H2,1-2H3,(H2,8,12). The van der Waals surface area contributed by atoms with E-state index in [1.165, 1.54) is 19.1 Å². The quantitative estimate of drug-likeness (QED) is 0.508. The maximum Gasteiger partial charge on any atom is 0.264 e. The molecule has 0 aromatic heterocycles. The number of azo groups is 1. The van der Waals surface area contributed by atoms with Gasteiger partial charge in [-0.15, -0.1) is 5.11 Å². The number of primary amides is 1. The average Bonchev–Trinajstić information content (AvgIpc) is 2.56. The van der Waals surface area contributed by atoms with Crippen molar-refractivity contribution in [3.8, 4) is 0 Å². The van der Waals surface area contributed by atoms with Crippen LogP contribution in [0.2, 0.25) is 0 Å². The van der Waals surface area contributed by atoms with Crippen LogP contribution in [0.25, 0.3) is 0 Å². The lowest BCUT2D eigenvalue weighted by Gasteiger charge is -2.24. The fraction of sp³-hybridized carbons (Fsp3) is 0.714. The van der Waals surface area contributed by atoms with Crippen molar-refractivity contribution in [3.05, 3.63) is 0 Å². The first kappa shape index (κ1) is 12.0. The molecule has 2 N–H and O–H groups in total. The van der Waals surface area contributed by atoms with E-state index < -0.39 is 18.4 Å². The van der Waals surface area contributed by atoms with E-state index in [1.54, 1.807) is 0 Å². The number of ether oxygens (including phenoxy) is 2. The highest BCUT2D eigenvalue weighted by Crippen LogP contribution is 2.14. The van der Waals surface area contributed by atoms with Crippen LogP contribution in [0.15, 0.2) is 10.2 Å². The van der Waals surface area contributed by atoms with Gasteiger partial charge in [0.15, 0.2) is 6.29 Å². The first-order chi connectivity index (χ1) is 7.10. The molecule has 1 unspecified atom stereocenters. The van der Waals surface area contributed by atoms with Crippen LogP contribution in [0, 0.1) is 0 Å². The largest absolute Gasteiger partial charge is 0.366 e. The van der Waals surface area contributed by atoms with E-state index in [1.807, 2.05) is 0 Å². The zero-order chi connectivity index (χ0) is 11.4. The van der Waals surface area contributed by atoms with Crippen LogP contribution < -0.4 is 5.73 Å². The van der Waals surface area contributed by atoms with Crippen molar-refractivity contribution in [1.29, 1.82) is 0 Å². The molecule has 0 fully saturated rings. The number of carbonyl (C=O) groups excluding carboxylic acids is 1. The highest BCUT2D eigenvalue weighted by atomic mass is 32.1. The van der Waals surface area contributed by atoms with Crippen LogP contribution >= 0.6 is 12.2 Å². The monoisotopic (exact) mass is 232 g/mol. The minimum atomic E-state index is -0.856. The molecule has 84 valence electrons. The van der Waals surface area contributed by atoms with Gasteiger partial charge in [-0.1, -0.05) is 0 Å². The summed E-state index contributed by atoms with van der Waals surface area (Å²) in [5.74, 6) is -0.607. The fourth-order valence-corrected chi connectivity index (χ4v) is 1.34. The van der Waals surface area contributed by atoms with Gasteiger partial charge >= 0.3 is 0 Å². The second kappa shape index (κ2) is 5.10. The van der Waals surface area contributed by atoms with Crippen LogP contribution in [0.1, 0.15) is 0 Å². The third-order valence-corrected chi connectivity index (χ3v) is 2.24. The molecule has 1 atom stereocenters. The van der Waals surface area contributed by atoms with Gasteiger partial charge in [-0.05, 0) is 12.2 Å². The SMILES string of the molecule is COC(CN1C(=S)N=NC1C(N)=O)OC. The minimum Gasteiger partial charge on any atom is -0.366 e. The van der Waals surface area contributed by atoms with Crippen LogP contribution in [-0.4, -0.2) is 49.1 Å². The number of thiocarbonyl (C=S) groups is 1. The van der Waals surface area contributed by atoms with Crippen LogP contribution in [-0.2, 0) is 14.3 Å². The Balaban J connectivity index is 2.66. The fourth-order valence-electron chi connectivity index (χ4n) is 1.12. The van der Waals surface area contributed by atoms with Gasteiger partial charge in [-0.25, -0.2) is 0 Å². The molecule has 0 bridgehead atoms. The lowest BCUT2D eigenvalue weighted by Crippen LogP contribution is -2.46. The summed E-state index contributed by atoms with van der Waals surface area (Å²) in [6, 6.07) is 0. The molecular weight excluding hydrogens is 220 g/mol. The van der Waals surface area contributed by atoms with Crippen LogP contribution in [0.4, 0.5) is 0 Å². The van der Waals surface area contributed by atoms with E-state index in [9.17, 15) is 4.79 Å². The highest BCUT2D eigenvalue weighted by molar-refractivity contribution is 7.80. The molecule has 0 aromatic rings. The number of hydrogen-bond donors (Lipinski definition) is 1.